The predicted octanol–water partition coefficient (Wildman–Crippen LogP) is 4.99. The van der Waals surface area contributed by atoms with Crippen LogP contribution in [0.25, 0.3) is 0 Å². The second kappa shape index (κ2) is 9.20. The van der Waals surface area contributed by atoms with E-state index in [4.69, 9.17) is 11.6 Å². The normalized spacial score (nSPS) is 14.7. The number of aromatic nitrogens is 2. The molecule has 1 unspecified atom stereocenters. The third-order valence-corrected chi connectivity index (χ3v) is 6.46. The van der Waals surface area contributed by atoms with Crippen LogP contribution in [0.1, 0.15) is 51.7 Å². The molecular weight excluding hydrogens is 423 g/mol. The lowest BCUT2D eigenvalue weighted by molar-refractivity contribution is 0.0950. The first-order valence-corrected chi connectivity index (χ1v) is 11.1. The molecule has 0 radical (unpaired) electrons. The van der Waals surface area contributed by atoms with Crippen molar-refractivity contribution in [3.8, 4) is 0 Å². The van der Waals surface area contributed by atoms with Gasteiger partial charge in [-0.15, -0.1) is 10.2 Å². The second-order valence-corrected chi connectivity index (χ2v) is 8.88. The topological polar surface area (TPSA) is 58.1 Å². The Balaban J connectivity index is 1.40. The molecule has 8 heteroatoms. The molecule has 1 fully saturated rings. The Bertz CT molecular complexity index is 1020. The van der Waals surface area contributed by atoms with Crippen LogP contribution in [0.3, 0.4) is 0 Å². The van der Waals surface area contributed by atoms with Gasteiger partial charge in [0.1, 0.15) is 10.8 Å². The first kappa shape index (κ1) is 20.9. The SMILES string of the molecule is CC(c1ccccc1Cl)N(Cc1nnc(C(=O)NCc2ccc(F)cc2)s1)C1CC1. The fourth-order valence-electron chi connectivity index (χ4n) is 3.41. The third-order valence-electron chi connectivity index (χ3n) is 5.21. The van der Waals surface area contributed by atoms with Crippen LogP contribution in [0.2, 0.25) is 5.02 Å². The molecule has 1 saturated carbocycles. The highest BCUT2D eigenvalue weighted by Gasteiger charge is 2.34. The molecule has 1 aliphatic rings. The van der Waals surface area contributed by atoms with Crippen LogP contribution in [0.5, 0.6) is 0 Å². The molecular formula is C22H22ClFN4OS. The highest BCUT2D eigenvalue weighted by Crippen LogP contribution is 2.37. The maximum atomic E-state index is 13.0. The summed E-state index contributed by atoms with van der Waals surface area (Å²) in [5.41, 5.74) is 1.91. The average molecular weight is 445 g/mol. The van der Waals surface area contributed by atoms with Crippen LogP contribution in [-0.2, 0) is 13.1 Å². The van der Waals surface area contributed by atoms with Gasteiger partial charge < -0.3 is 5.32 Å². The molecule has 1 amide bonds. The summed E-state index contributed by atoms with van der Waals surface area (Å²) >= 11 is 7.71. The minimum absolute atomic E-state index is 0.144. The van der Waals surface area contributed by atoms with E-state index in [0.717, 1.165) is 34.0 Å². The van der Waals surface area contributed by atoms with Gasteiger partial charge in [0.2, 0.25) is 5.01 Å². The second-order valence-electron chi connectivity index (χ2n) is 7.41. The number of nitrogens with zero attached hydrogens (tertiary/aromatic N) is 3. The first-order chi connectivity index (χ1) is 14.5. The van der Waals surface area contributed by atoms with Crippen molar-refractivity contribution in [3.05, 3.63) is 80.5 Å². The monoisotopic (exact) mass is 444 g/mol. The van der Waals surface area contributed by atoms with Crippen LogP contribution in [0, 0.1) is 5.82 Å². The van der Waals surface area contributed by atoms with Crippen molar-refractivity contribution in [1.29, 1.82) is 0 Å². The Morgan fingerprint density at radius 2 is 1.97 bits per heavy atom. The van der Waals surface area contributed by atoms with E-state index in [2.05, 4.69) is 33.4 Å². The number of hydrogen-bond donors (Lipinski definition) is 1. The molecule has 5 nitrogen and oxygen atoms in total. The van der Waals surface area contributed by atoms with Crippen LogP contribution in [-0.4, -0.2) is 27.0 Å². The highest BCUT2D eigenvalue weighted by atomic mass is 35.5. The van der Waals surface area contributed by atoms with E-state index in [0.29, 0.717) is 24.1 Å². The van der Waals surface area contributed by atoms with Crippen molar-refractivity contribution >= 4 is 28.8 Å². The van der Waals surface area contributed by atoms with E-state index >= 15 is 0 Å². The Labute approximate surface area is 183 Å². The molecule has 1 aliphatic carbocycles. The molecule has 30 heavy (non-hydrogen) atoms. The Hall–Kier alpha value is -2.35. The van der Waals surface area contributed by atoms with Crippen LogP contribution in [0.15, 0.2) is 48.5 Å². The summed E-state index contributed by atoms with van der Waals surface area (Å²) in [5.74, 6) is -0.578. The van der Waals surface area contributed by atoms with Gasteiger partial charge in [0.05, 0.1) is 6.54 Å². The van der Waals surface area contributed by atoms with Crippen molar-refractivity contribution in [2.75, 3.05) is 0 Å². The molecule has 156 valence electrons. The average Bonchev–Trinajstić information content (AvgIpc) is 3.48. The van der Waals surface area contributed by atoms with E-state index < -0.39 is 0 Å². The molecule has 0 bridgehead atoms. The van der Waals surface area contributed by atoms with E-state index in [1.807, 2.05) is 18.2 Å². The summed E-state index contributed by atoms with van der Waals surface area (Å²) in [6.45, 7) is 3.09. The summed E-state index contributed by atoms with van der Waals surface area (Å²) in [5, 5.41) is 13.0. The van der Waals surface area contributed by atoms with Crippen LogP contribution >= 0.6 is 22.9 Å². The summed E-state index contributed by atoms with van der Waals surface area (Å²) in [7, 11) is 0. The van der Waals surface area contributed by atoms with Gasteiger partial charge in [0, 0.05) is 23.7 Å². The van der Waals surface area contributed by atoms with Gasteiger partial charge in [-0.2, -0.15) is 0 Å². The summed E-state index contributed by atoms with van der Waals surface area (Å²) in [6, 6.07) is 14.6. The van der Waals surface area contributed by atoms with E-state index in [1.54, 1.807) is 12.1 Å². The number of carbonyl (C=O) groups excluding carboxylic acids is 1. The van der Waals surface area contributed by atoms with Gasteiger partial charge in [0.25, 0.3) is 5.91 Å². The minimum atomic E-state index is -0.301. The zero-order valence-corrected chi connectivity index (χ0v) is 18.1. The first-order valence-electron chi connectivity index (χ1n) is 9.86. The molecule has 1 aromatic heterocycles. The van der Waals surface area contributed by atoms with Crippen molar-refractivity contribution in [3.63, 3.8) is 0 Å². The lowest BCUT2D eigenvalue weighted by atomic mass is 10.1. The molecule has 2 aromatic carbocycles. The van der Waals surface area contributed by atoms with E-state index in [-0.39, 0.29) is 17.8 Å². The lowest BCUT2D eigenvalue weighted by Crippen LogP contribution is -2.29. The summed E-state index contributed by atoms with van der Waals surface area (Å²) in [6.07, 6.45) is 2.30. The molecule has 0 aliphatic heterocycles. The maximum absolute atomic E-state index is 13.0. The summed E-state index contributed by atoms with van der Waals surface area (Å²) in [4.78, 5) is 14.8. The van der Waals surface area contributed by atoms with Crippen molar-refractivity contribution in [1.82, 2.24) is 20.4 Å². The standard InChI is InChI=1S/C22H22ClFN4OS/c1-14(18-4-2-3-5-19(18)23)28(17-10-11-17)13-20-26-27-22(30-20)21(29)25-12-15-6-8-16(24)9-7-15/h2-9,14,17H,10-13H2,1H3,(H,25,29). The van der Waals surface area contributed by atoms with Gasteiger partial charge in [0.15, 0.2) is 0 Å². The van der Waals surface area contributed by atoms with Gasteiger partial charge in [-0.25, -0.2) is 4.39 Å². The van der Waals surface area contributed by atoms with Crippen molar-refractivity contribution in [2.24, 2.45) is 0 Å². The van der Waals surface area contributed by atoms with Crippen LogP contribution in [0.4, 0.5) is 4.39 Å². The van der Waals surface area contributed by atoms with E-state index in [1.165, 1.54) is 23.5 Å². The number of halogens is 2. The zero-order valence-electron chi connectivity index (χ0n) is 16.5. The van der Waals surface area contributed by atoms with Crippen LogP contribution < -0.4 is 5.32 Å². The molecule has 3 aromatic rings. The Morgan fingerprint density at radius 3 is 2.67 bits per heavy atom. The molecule has 1 N–H and O–H groups in total. The molecule has 1 atom stereocenters. The fourth-order valence-corrected chi connectivity index (χ4v) is 4.47. The number of hydrogen-bond acceptors (Lipinski definition) is 5. The maximum Gasteiger partial charge on any atom is 0.282 e. The Kier molecular flexibility index (Phi) is 6.41. The third kappa shape index (κ3) is 5.03. The van der Waals surface area contributed by atoms with Crippen molar-refractivity contribution < 1.29 is 9.18 Å². The zero-order chi connectivity index (χ0) is 21.1. The smallest absolute Gasteiger partial charge is 0.282 e. The molecule has 0 saturated heterocycles. The van der Waals surface area contributed by atoms with E-state index in [9.17, 15) is 9.18 Å². The van der Waals surface area contributed by atoms with Gasteiger partial charge >= 0.3 is 0 Å². The van der Waals surface area contributed by atoms with Gasteiger partial charge in [-0.1, -0.05) is 53.3 Å². The highest BCUT2D eigenvalue weighted by molar-refractivity contribution is 7.13. The van der Waals surface area contributed by atoms with Crippen molar-refractivity contribution in [2.45, 2.75) is 44.9 Å². The largest absolute Gasteiger partial charge is 0.346 e. The number of nitrogens with one attached hydrogen (secondary N) is 1. The number of carbonyl (C=O) groups is 1. The number of benzene rings is 2. The van der Waals surface area contributed by atoms with Gasteiger partial charge in [-0.05, 0) is 49.1 Å². The lowest BCUT2D eigenvalue weighted by Gasteiger charge is -2.29. The fraction of sp³-hybridized carbons (Fsp3) is 0.318. The predicted molar refractivity (Wildman–Crippen MR) is 116 cm³/mol. The minimum Gasteiger partial charge on any atom is -0.346 e. The number of rotatable bonds is 8. The molecule has 1 heterocycles. The molecule has 0 spiro atoms. The quantitative estimate of drug-likeness (QED) is 0.532. The molecule has 4 rings (SSSR count). The number of amides is 1. The Morgan fingerprint density at radius 1 is 1.23 bits per heavy atom. The van der Waals surface area contributed by atoms with Gasteiger partial charge in [-0.3, -0.25) is 9.69 Å². The summed E-state index contributed by atoms with van der Waals surface area (Å²) < 4.78 is 13.0.